The molecule has 0 aliphatic carbocycles. The van der Waals surface area contributed by atoms with Gasteiger partial charge in [0.05, 0.1) is 32.9 Å². The van der Waals surface area contributed by atoms with Crippen LogP contribution >= 0.6 is 0 Å². The smallest absolute Gasteiger partial charge is 0.251 e. The van der Waals surface area contributed by atoms with E-state index in [4.69, 9.17) is 9.47 Å². The molecule has 2 N–H and O–H groups in total. The fourth-order valence-corrected chi connectivity index (χ4v) is 2.09. The molecule has 0 radical (unpaired) electrons. The van der Waals surface area contributed by atoms with E-state index in [2.05, 4.69) is 15.3 Å². The van der Waals surface area contributed by atoms with Crippen molar-refractivity contribution in [2.24, 2.45) is 0 Å². The first kappa shape index (κ1) is 17.7. The summed E-state index contributed by atoms with van der Waals surface area (Å²) in [6, 6.07) is 8.24. The molecule has 0 aliphatic heterocycles. The van der Waals surface area contributed by atoms with Crippen molar-refractivity contribution in [1.82, 2.24) is 15.3 Å². The number of aromatic nitrogens is 2. The first-order chi connectivity index (χ1) is 11.6. The Balaban J connectivity index is 2.32. The lowest BCUT2D eigenvalue weighted by atomic mass is 10.1. The van der Waals surface area contributed by atoms with Gasteiger partial charge < -0.3 is 19.9 Å². The molecule has 24 heavy (non-hydrogen) atoms. The maximum atomic E-state index is 12.3. The molecule has 1 aromatic carbocycles. The molecule has 0 aliphatic rings. The van der Waals surface area contributed by atoms with E-state index in [0.29, 0.717) is 35.1 Å². The fraction of sp³-hybridized carbons (Fsp3) is 0.353. The molecule has 7 nitrogen and oxygen atoms in total. The summed E-state index contributed by atoms with van der Waals surface area (Å²) in [6.45, 7) is 1.80. The minimum absolute atomic E-state index is 0.0991. The van der Waals surface area contributed by atoms with Crippen LogP contribution in [0.2, 0.25) is 0 Å². The molecule has 0 saturated heterocycles. The van der Waals surface area contributed by atoms with Gasteiger partial charge in [0.25, 0.3) is 5.91 Å². The molecule has 0 fully saturated rings. The molecule has 1 amide bonds. The Morgan fingerprint density at radius 3 is 2.42 bits per heavy atom. The topological polar surface area (TPSA) is 93.6 Å². The van der Waals surface area contributed by atoms with Crippen molar-refractivity contribution in [3.63, 3.8) is 0 Å². The van der Waals surface area contributed by atoms with Gasteiger partial charge in [-0.3, -0.25) is 4.79 Å². The van der Waals surface area contributed by atoms with Gasteiger partial charge in [0.2, 0.25) is 11.8 Å². The summed E-state index contributed by atoms with van der Waals surface area (Å²) in [7, 11) is 3.02. The zero-order chi connectivity index (χ0) is 17.5. The molecular weight excluding hydrogens is 310 g/mol. The third kappa shape index (κ3) is 4.20. The van der Waals surface area contributed by atoms with Crippen LogP contribution in [0.1, 0.15) is 23.7 Å². The molecular formula is C17H21N3O4. The van der Waals surface area contributed by atoms with E-state index < -0.39 is 0 Å². The van der Waals surface area contributed by atoms with Crippen LogP contribution in [0.4, 0.5) is 0 Å². The van der Waals surface area contributed by atoms with Crippen molar-refractivity contribution in [3.8, 4) is 23.1 Å². The highest BCUT2D eigenvalue weighted by molar-refractivity contribution is 5.95. The Hall–Kier alpha value is -2.67. The first-order valence-electron chi connectivity index (χ1n) is 7.60. The largest absolute Gasteiger partial charge is 0.481 e. The highest BCUT2D eigenvalue weighted by atomic mass is 16.5. The van der Waals surface area contributed by atoms with E-state index in [1.165, 1.54) is 14.2 Å². The number of nitrogens with one attached hydrogen (secondary N) is 1. The van der Waals surface area contributed by atoms with Crippen LogP contribution in [0.25, 0.3) is 11.4 Å². The van der Waals surface area contributed by atoms with E-state index in [0.717, 1.165) is 0 Å². The number of carbonyl (C=O) groups excluding carboxylic acids is 1. The monoisotopic (exact) mass is 331 g/mol. The van der Waals surface area contributed by atoms with Crippen molar-refractivity contribution in [2.45, 2.75) is 19.4 Å². The summed E-state index contributed by atoms with van der Waals surface area (Å²) < 4.78 is 10.3. The summed E-state index contributed by atoms with van der Waals surface area (Å²) in [4.78, 5) is 20.8. The second kappa shape index (κ2) is 8.26. The average Bonchev–Trinajstić information content (AvgIpc) is 2.65. The number of amides is 1. The van der Waals surface area contributed by atoms with Gasteiger partial charge in [-0.05, 0) is 18.6 Å². The van der Waals surface area contributed by atoms with Gasteiger partial charge in [0, 0.05) is 11.1 Å². The highest BCUT2D eigenvalue weighted by Gasteiger charge is 2.14. The number of aliphatic hydroxyl groups is 1. The number of methoxy groups -OCH3 is 2. The Kier molecular flexibility index (Phi) is 6.08. The molecule has 0 spiro atoms. The standard InChI is InChI=1S/C17H21N3O4/c1-4-13(10-21)18-17(22)12-7-5-6-11(8-12)16-19-14(23-2)9-15(20-16)24-3/h5-9,13,21H,4,10H2,1-3H3,(H,18,22)/t13-/m0/s1. The lowest BCUT2D eigenvalue weighted by Gasteiger charge is -2.14. The number of carbonyl (C=O) groups is 1. The van der Waals surface area contributed by atoms with Crippen LogP contribution in [0.15, 0.2) is 30.3 Å². The fourth-order valence-electron chi connectivity index (χ4n) is 2.09. The van der Waals surface area contributed by atoms with Crippen LogP contribution in [-0.4, -0.2) is 47.8 Å². The van der Waals surface area contributed by atoms with E-state index in [-0.39, 0.29) is 18.6 Å². The molecule has 1 atom stereocenters. The van der Waals surface area contributed by atoms with E-state index >= 15 is 0 Å². The summed E-state index contributed by atoms with van der Waals surface area (Å²) in [5.41, 5.74) is 1.13. The second-order valence-corrected chi connectivity index (χ2v) is 5.12. The van der Waals surface area contributed by atoms with Gasteiger partial charge in [0.1, 0.15) is 0 Å². The molecule has 2 aromatic rings. The van der Waals surface area contributed by atoms with E-state index in [1.54, 1.807) is 30.3 Å². The van der Waals surface area contributed by atoms with Gasteiger partial charge in [-0.1, -0.05) is 19.1 Å². The zero-order valence-corrected chi connectivity index (χ0v) is 13.9. The van der Waals surface area contributed by atoms with E-state index in [9.17, 15) is 9.90 Å². The third-order valence-electron chi connectivity index (χ3n) is 3.53. The number of hydrogen-bond donors (Lipinski definition) is 2. The lowest BCUT2D eigenvalue weighted by molar-refractivity contribution is 0.0915. The Morgan fingerprint density at radius 1 is 1.21 bits per heavy atom. The normalized spacial score (nSPS) is 11.7. The van der Waals surface area contributed by atoms with Crippen LogP contribution in [-0.2, 0) is 0 Å². The molecule has 7 heteroatoms. The number of nitrogens with zero attached hydrogens (tertiary/aromatic N) is 2. The SMILES string of the molecule is CC[C@@H](CO)NC(=O)c1cccc(-c2nc(OC)cc(OC)n2)c1. The maximum Gasteiger partial charge on any atom is 0.251 e. The number of ether oxygens (including phenoxy) is 2. The summed E-state index contributed by atoms with van der Waals surface area (Å²) in [5.74, 6) is 0.888. The highest BCUT2D eigenvalue weighted by Crippen LogP contribution is 2.23. The van der Waals surface area contributed by atoms with E-state index in [1.807, 2.05) is 6.92 Å². The van der Waals surface area contributed by atoms with Gasteiger partial charge >= 0.3 is 0 Å². The van der Waals surface area contributed by atoms with Crippen LogP contribution < -0.4 is 14.8 Å². The van der Waals surface area contributed by atoms with Gasteiger partial charge in [-0.25, -0.2) is 0 Å². The molecule has 1 aromatic heterocycles. The quantitative estimate of drug-likeness (QED) is 0.801. The van der Waals surface area contributed by atoms with Gasteiger partial charge in [0.15, 0.2) is 5.82 Å². The molecule has 0 unspecified atom stereocenters. The summed E-state index contributed by atoms with van der Waals surface area (Å²) in [5, 5.41) is 12.0. The van der Waals surface area contributed by atoms with Gasteiger partial charge in [-0.15, -0.1) is 0 Å². The average molecular weight is 331 g/mol. The predicted molar refractivity (Wildman–Crippen MR) is 89.2 cm³/mol. The molecule has 1 heterocycles. The molecule has 0 bridgehead atoms. The summed E-state index contributed by atoms with van der Waals surface area (Å²) >= 11 is 0. The molecule has 2 rings (SSSR count). The number of aliphatic hydroxyl groups excluding tert-OH is 1. The van der Waals surface area contributed by atoms with Crippen molar-refractivity contribution in [1.29, 1.82) is 0 Å². The van der Waals surface area contributed by atoms with Crippen molar-refractivity contribution >= 4 is 5.91 Å². The number of rotatable bonds is 7. The van der Waals surface area contributed by atoms with Crippen molar-refractivity contribution in [2.75, 3.05) is 20.8 Å². The van der Waals surface area contributed by atoms with Crippen molar-refractivity contribution in [3.05, 3.63) is 35.9 Å². The Bertz CT molecular complexity index is 680. The third-order valence-corrected chi connectivity index (χ3v) is 3.53. The molecule has 0 saturated carbocycles. The molecule has 128 valence electrons. The zero-order valence-electron chi connectivity index (χ0n) is 13.9. The predicted octanol–water partition coefficient (Wildman–Crippen LogP) is 1.66. The number of hydrogen-bond acceptors (Lipinski definition) is 6. The first-order valence-corrected chi connectivity index (χ1v) is 7.60. The van der Waals surface area contributed by atoms with Crippen LogP contribution in [0, 0.1) is 0 Å². The Morgan fingerprint density at radius 2 is 1.88 bits per heavy atom. The lowest BCUT2D eigenvalue weighted by Crippen LogP contribution is -2.36. The number of benzene rings is 1. The Labute approximate surface area is 140 Å². The summed E-state index contributed by atoms with van der Waals surface area (Å²) in [6.07, 6.45) is 0.651. The van der Waals surface area contributed by atoms with Gasteiger partial charge in [-0.2, -0.15) is 9.97 Å². The maximum absolute atomic E-state index is 12.3. The second-order valence-electron chi connectivity index (χ2n) is 5.12. The van der Waals surface area contributed by atoms with Crippen LogP contribution in [0.3, 0.4) is 0 Å². The minimum atomic E-state index is -0.269. The van der Waals surface area contributed by atoms with Crippen LogP contribution in [0.5, 0.6) is 11.8 Å². The minimum Gasteiger partial charge on any atom is -0.481 e. The van der Waals surface area contributed by atoms with Crippen molar-refractivity contribution < 1.29 is 19.4 Å².